The van der Waals surface area contributed by atoms with Crippen molar-refractivity contribution < 1.29 is 22.3 Å². The highest BCUT2D eigenvalue weighted by molar-refractivity contribution is 5.54. The Morgan fingerprint density at radius 3 is 2.37 bits per heavy atom. The molecule has 100 valence electrons. The van der Waals surface area contributed by atoms with Crippen LogP contribution in [0.25, 0.3) is 0 Å². The number of para-hydroxylation sites is 1. The van der Waals surface area contributed by atoms with Gasteiger partial charge in [0.15, 0.2) is 11.6 Å². The lowest BCUT2D eigenvalue weighted by molar-refractivity contribution is -0.137. The van der Waals surface area contributed by atoms with Gasteiger partial charge in [-0.05, 0) is 18.2 Å². The summed E-state index contributed by atoms with van der Waals surface area (Å²) in [5.74, 6) is -1.17. The SMILES string of the molecule is Nc1cccc(F)c1Oc1ccc(C(F)(F)F)cn1. The molecule has 0 spiro atoms. The Morgan fingerprint density at radius 2 is 1.84 bits per heavy atom. The summed E-state index contributed by atoms with van der Waals surface area (Å²) in [6.07, 6.45) is -3.88. The zero-order valence-corrected chi connectivity index (χ0v) is 9.41. The largest absolute Gasteiger partial charge is 0.434 e. The standard InChI is InChI=1S/C12H8F4N2O/c13-8-2-1-3-9(17)11(8)19-10-5-4-7(6-18-10)12(14,15)16/h1-6H,17H2. The number of alkyl halides is 3. The second-order valence-electron chi connectivity index (χ2n) is 3.64. The lowest BCUT2D eigenvalue weighted by Gasteiger charge is -2.10. The van der Waals surface area contributed by atoms with E-state index in [1.165, 1.54) is 12.1 Å². The first-order valence-corrected chi connectivity index (χ1v) is 5.13. The van der Waals surface area contributed by atoms with Crippen molar-refractivity contribution in [1.82, 2.24) is 4.98 Å². The van der Waals surface area contributed by atoms with Crippen molar-refractivity contribution in [2.24, 2.45) is 0 Å². The monoisotopic (exact) mass is 272 g/mol. The van der Waals surface area contributed by atoms with Gasteiger partial charge in [0.2, 0.25) is 5.88 Å². The topological polar surface area (TPSA) is 48.1 Å². The quantitative estimate of drug-likeness (QED) is 0.671. The smallest absolute Gasteiger partial charge is 0.417 e. The minimum Gasteiger partial charge on any atom is -0.434 e. The summed E-state index contributed by atoms with van der Waals surface area (Å²) < 4.78 is 55.4. The lowest BCUT2D eigenvalue weighted by atomic mass is 10.3. The number of nitrogens with two attached hydrogens (primary N) is 1. The molecule has 0 aliphatic rings. The molecule has 2 aromatic rings. The maximum Gasteiger partial charge on any atom is 0.417 e. The predicted octanol–water partition coefficient (Wildman–Crippen LogP) is 3.61. The molecule has 0 fully saturated rings. The Bertz CT molecular complexity index is 561. The third-order valence-corrected chi connectivity index (χ3v) is 2.27. The molecule has 0 bridgehead atoms. The van der Waals surface area contributed by atoms with Gasteiger partial charge in [0, 0.05) is 12.3 Å². The van der Waals surface area contributed by atoms with Crippen LogP contribution in [-0.4, -0.2) is 4.98 Å². The minimum atomic E-state index is -4.48. The summed E-state index contributed by atoms with van der Waals surface area (Å²) in [6.45, 7) is 0. The summed E-state index contributed by atoms with van der Waals surface area (Å²) in [6, 6.07) is 5.70. The number of nitrogen functional groups attached to an aromatic ring is 1. The minimum absolute atomic E-state index is 0.0293. The number of ether oxygens (including phenoxy) is 1. The van der Waals surface area contributed by atoms with E-state index in [0.717, 1.165) is 18.2 Å². The molecule has 2 rings (SSSR count). The van der Waals surface area contributed by atoms with Gasteiger partial charge in [-0.2, -0.15) is 13.2 Å². The Balaban J connectivity index is 2.25. The van der Waals surface area contributed by atoms with Gasteiger partial charge in [-0.1, -0.05) is 6.07 Å². The van der Waals surface area contributed by atoms with Crippen LogP contribution in [0.1, 0.15) is 5.56 Å². The maximum absolute atomic E-state index is 13.4. The number of anilines is 1. The normalized spacial score (nSPS) is 11.4. The fourth-order valence-electron chi connectivity index (χ4n) is 1.35. The third kappa shape index (κ3) is 2.93. The van der Waals surface area contributed by atoms with E-state index in [0.29, 0.717) is 6.20 Å². The van der Waals surface area contributed by atoms with Crippen molar-refractivity contribution in [3.8, 4) is 11.6 Å². The first kappa shape index (κ1) is 13.1. The highest BCUT2D eigenvalue weighted by Crippen LogP contribution is 2.32. The average molecular weight is 272 g/mol. The molecule has 19 heavy (non-hydrogen) atoms. The highest BCUT2D eigenvalue weighted by Gasteiger charge is 2.30. The third-order valence-electron chi connectivity index (χ3n) is 2.27. The van der Waals surface area contributed by atoms with Gasteiger partial charge in [0.05, 0.1) is 11.3 Å². The van der Waals surface area contributed by atoms with Gasteiger partial charge < -0.3 is 10.5 Å². The van der Waals surface area contributed by atoms with Crippen LogP contribution in [-0.2, 0) is 6.18 Å². The Kier molecular flexibility index (Phi) is 3.28. The van der Waals surface area contributed by atoms with Crippen molar-refractivity contribution in [3.05, 3.63) is 47.9 Å². The molecule has 0 amide bonds. The zero-order valence-electron chi connectivity index (χ0n) is 9.41. The number of aromatic nitrogens is 1. The maximum atomic E-state index is 13.4. The summed E-state index contributed by atoms with van der Waals surface area (Å²) in [7, 11) is 0. The molecule has 0 unspecified atom stereocenters. The predicted molar refractivity (Wildman–Crippen MR) is 60.1 cm³/mol. The Morgan fingerprint density at radius 1 is 1.11 bits per heavy atom. The fraction of sp³-hybridized carbons (Fsp3) is 0.0833. The molecule has 0 atom stereocenters. The molecule has 0 aliphatic carbocycles. The van der Waals surface area contributed by atoms with Gasteiger partial charge in [-0.3, -0.25) is 0 Å². The number of rotatable bonds is 2. The van der Waals surface area contributed by atoms with Crippen molar-refractivity contribution in [3.63, 3.8) is 0 Å². The first-order chi connectivity index (χ1) is 8.88. The van der Waals surface area contributed by atoms with Crippen LogP contribution in [0.4, 0.5) is 23.2 Å². The van der Waals surface area contributed by atoms with Crippen LogP contribution in [0.15, 0.2) is 36.5 Å². The van der Waals surface area contributed by atoms with E-state index in [2.05, 4.69) is 4.98 Å². The molecule has 1 aromatic carbocycles. The first-order valence-electron chi connectivity index (χ1n) is 5.13. The summed E-state index contributed by atoms with van der Waals surface area (Å²) >= 11 is 0. The highest BCUT2D eigenvalue weighted by atomic mass is 19.4. The second kappa shape index (κ2) is 4.75. The van der Waals surface area contributed by atoms with E-state index in [9.17, 15) is 17.6 Å². The number of hydrogen-bond donors (Lipinski definition) is 1. The van der Waals surface area contributed by atoms with Crippen LogP contribution < -0.4 is 10.5 Å². The number of halogens is 4. The lowest BCUT2D eigenvalue weighted by Crippen LogP contribution is -2.05. The van der Waals surface area contributed by atoms with Gasteiger partial charge in [-0.25, -0.2) is 9.37 Å². The summed E-state index contributed by atoms with van der Waals surface area (Å²) in [5.41, 5.74) is 4.61. The zero-order chi connectivity index (χ0) is 14.0. The van der Waals surface area contributed by atoms with Gasteiger partial charge >= 0.3 is 6.18 Å². The molecule has 0 saturated carbocycles. The van der Waals surface area contributed by atoms with E-state index < -0.39 is 17.6 Å². The molecule has 2 N–H and O–H groups in total. The van der Waals surface area contributed by atoms with E-state index in [4.69, 9.17) is 10.5 Å². The van der Waals surface area contributed by atoms with E-state index in [-0.39, 0.29) is 17.3 Å². The van der Waals surface area contributed by atoms with Crippen molar-refractivity contribution in [2.75, 3.05) is 5.73 Å². The summed E-state index contributed by atoms with van der Waals surface area (Å²) in [5, 5.41) is 0. The fourth-order valence-corrected chi connectivity index (χ4v) is 1.35. The number of pyridine rings is 1. The van der Waals surface area contributed by atoms with Crippen LogP contribution in [0.2, 0.25) is 0 Å². The van der Waals surface area contributed by atoms with E-state index in [1.807, 2.05) is 0 Å². The molecule has 0 aliphatic heterocycles. The average Bonchev–Trinajstić information content (AvgIpc) is 2.33. The second-order valence-corrected chi connectivity index (χ2v) is 3.64. The van der Waals surface area contributed by atoms with Gasteiger partial charge in [0.1, 0.15) is 0 Å². The van der Waals surface area contributed by atoms with Gasteiger partial charge in [0.25, 0.3) is 0 Å². The number of nitrogens with zero attached hydrogens (tertiary/aromatic N) is 1. The van der Waals surface area contributed by atoms with Crippen LogP contribution in [0.3, 0.4) is 0 Å². The molecular weight excluding hydrogens is 264 g/mol. The van der Waals surface area contributed by atoms with Crippen LogP contribution in [0.5, 0.6) is 11.6 Å². The number of hydrogen-bond acceptors (Lipinski definition) is 3. The van der Waals surface area contributed by atoms with Crippen LogP contribution >= 0.6 is 0 Å². The van der Waals surface area contributed by atoms with Crippen molar-refractivity contribution >= 4 is 5.69 Å². The molecule has 0 saturated heterocycles. The Labute approximate surface area is 105 Å². The molecule has 1 aromatic heterocycles. The Hall–Kier alpha value is -2.31. The molecule has 1 heterocycles. The van der Waals surface area contributed by atoms with Crippen molar-refractivity contribution in [2.45, 2.75) is 6.18 Å². The summed E-state index contributed by atoms with van der Waals surface area (Å²) in [4.78, 5) is 3.46. The number of benzene rings is 1. The molecule has 7 heteroatoms. The van der Waals surface area contributed by atoms with Gasteiger partial charge in [-0.15, -0.1) is 0 Å². The van der Waals surface area contributed by atoms with E-state index in [1.54, 1.807) is 0 Å². The molecule has 0 radical (unpaired) electrons. The van der Waals surface area contributed by atoms with E-state index >= 15 is 0 Å². The van der Waals surface area contributed by atoms with Crippen molar-refractivity contribution in [1.29, 1.82) is 0 Å². The van der Waals surface area contributed by atoms with Crippen LogP contribution in [0, 0.1) is 5.82 Å². The molecular formula is C12H8F4N2O. The molecule has 3 nitrogen and oxygen atoms in total.